The first-order chi connectivity index (χ1) is 14.8. The highest BCUT2D eigenvalue weighted by atomic mass is 16.7. The highest BCUT2D eigenvalue weighted by Crippen LogP contribution is 2.44. The van der Waals surface area contributed by atoms with Crippen LogP contribution in [0.1, 0.15) is 64.6 Å². The third kappa shape index (κ3) is 3.08. The Hall–Kier alpha value is -2.70. The third-order valence-electron chi connectivity index (χ3n) is 6.51. The van der Waals surface area contributed by atoms with Crippen molar-refractivity contribution in [1.29, 1.82) is 0 Å². The van der Waals surface area contributed by atoms with Gasteiger partial charge in [0.2, 0.25) is 0 Å². The normalized spacial score (nSPS) is 21.3. The minimum absolute atomic E-state index is 0.161. The zero-order chi connectivity index (χ0) is 21.8. The average Bonchev–Trinajstić information content (AvgIpc) is 2.77. The Labute approximate surface area is 181 Å². The van der Waals surface area contributed by atoms with Gasteiger partial charge in [0, 0.05) is 5.54 Å². The fourth-order valence-corrected chi connectivity index (χ4v) is 5.07. The molecule has 1 aliphatic heterocycles. The molecule has 5 rings (SSSR count). The molecule has 0 N–H and O–H groups in total. The van der Waals surface area contributed by atoms with Crippen LogP contribution >= 0.6 is 0 Å². The molecular weight excluding hydrogens is 390 g/mol. The molecule has 31 heavy (non-hydrogen) atoms. The Kier molecular flexibility index (Phi) is 4.68. The summed E-state index contributed by atoms with van der Waals surface area (Å²) in [6.45, 7) is 6.25. The summed E-state index contributed by atoms with van der Waals surface area (Å²) in [5.41, 5.74) is -0.652. The van der Waals surface area contributed by atoms with E-state index in [1.165, 1.54) is 0 Å². The zero-order valence-corrected chi connectivity index (χ0v) is 18.4. The monoisotopic (exact) mass is 419 g/mol. The summed E-state index contributed by atoms with van der Waals surface area (Å²) in [6.07, 6.45) is 3.90. The number of rotatable bonds is 1. The maximum Gasteiger partial charge on any atom is 0.276 e. The van der Waals surface area contributed by atoms with Crippen LogP contribution in [0, 0.1) is 0 Å². The molecule has 1 atom stereocenters. The van der Waals surface area contributed by atoms with Gasteiger partial charge in [0.25, 0.3) is 11.1 Å². The van der Waals surface area contributed by atoms with Crippen LogP contribution in [0.15, 0.2) is 64.2 Å². The Morgan fingerprint density at radius 1 is 0.839 bits per heavy atom. The fraction of sp³-hybridized carbons (Fsp3) is 0.440. The largest absolute Gasteiger partial charge is 0.276 e. The first-order valence-corrected chi connectivity index (χ1v) is 11.1. The summed E-state index contributed by atoms with van der Waals surface area (Å²) < 4.78 is 3.32. The van der Waals surface area contributed by atoms with Gasteiger partial charge in [-0.25, -0.2) is 9.36 Å². The maximum absolute atomic E-state index is 13.9. The van der Waals surface area contributed by atoms with E-state index < -0.39 is 17.4 Å². The Bertz CT molecular complexity index is 1230. The summed E-state index contributed by atoms with van der Waals surface area (Å²) in [4.78, 5) is 34.6. The quantitative estimate of drug-likeness (QED) is 0.588. The van der Waals surface area contributed by atoms with Gasteiger partial charge in [0.05, 0.1) is 10.8 Å². The standard InChI is InChI=1S/C25H29N3O3/c1-24(2,3)28-21(18-12-6-4-7-13-18)26-22(29)19-14-8-9-15-20(19)23(30)27(26)25(31-28)16-10-5-11-17-25/h4,6-9,12-15,21H,5,10-11,16-17H2,1-3H3. The van der Waals surface area contributed by atoms with Crippen LogP contribution in [0.3, 0.4) is 0 Å². The van der Waals surface area contributed by atoms with E-state index in [-0.39, 0.29) is 11.1 Å². The lowest BCUT2D eigenvalue weighted by Crippen LogP contribution is -2.65. The van der Waals surface area contributed by atoms with Crippen LogP contribution in [0.4, 0.5) is 0 Å². The molecule has 1 aromatic heterocycles. The van der Waals surface area contributed by atoms with Crippen LogP contribution in [-0.2, 0) is 10.6 Å². The molecule has 1 fully saturated rings. The second-order valence-corrected chi connectivity index (χ2v) is 9.69. The first kappa shape index (κ1) is 20.2. The lowest BCUT2D eigenvalue weighted by molar-refractivity contribution is -0.379. The van der Waals surface area contributed by atoms with Crippen molar-refractivity contribution in [3.63, 3.8) is 0 Å². The highest BCUT2D eigenvalue weighted by Gasteiger charge is 2.50. The smallest absolute Gasteiger partial charge is 0.267 e. The Morgan fingerprint density at radius 3 is 2.03 bits per heavy atom. The van der Waals surface area contributed by atoms with E-state index in [1.807, 2.05) is 47.5 Å². The van der Waals surface area contributed by atoms with Crippen molar-refractivity contribution in [3.8, 4) is 0 Å². The fourth-order valence-electron chi connectivity index (χ4n) is 5.07. The molecular formula is C25H29N3O3. The van der Waals surface area contributed by atoms with Gasteiger partial charge >= 0.3 is 0 Å². The van der Waals surface area contributed by atoms with Crippen molar-refractivity contribution >= 4 is 10.8 Å². The van der Waals surface area contributed by atoms with Crippen LogP contribution < -0.4 is 11.1 Å². The molecule has 6 heteroatoms. The van der Waals surface area contributed by atoms with Crippen molar-refractivity contribution in [2.45, 2.75) is 70.3 Å². The van der Waals surface area contributed by atoms with Gasteiger partial charge in [-0.15, -0.1) is 0 Å². The van der Waals surface area contributed by atoms with Crippen molar-refractivity contribution in [1.82, 2.24) is 14.4 Å². The molecule has 2 aromatic carbocycles. The SMILES string of the molecule is CC(C)(C)N1OC2(CCCCC2)n2c(=O)c3ccccc3c(=O)n2C1c1ccccc1. The van der Waals surface area contributed by atoms with Crippen molar-refractivity contribution in [3.05, 3.63) is 80.9 Å². The van der Waals surface area contributed by atoms with Crippen LogP contribution in [0.2, 0.25) is 0 Å². The molecule has 6 nitrogen and oxygen atoms in total. The Balaban J connectivity index is 1.92. The molecule has 3 aromatic rings. The van der Waals surface area contributed by atoms with Gasteiger partial charge in [-0.1, -0.05) is 48.9 Å². The lowest BCUT2D eigenvalue weighted by Gasteiger charge is -2.53. The molecule has 0 bridgehead atoms. The molecule has 1 saturated carbocycles. The molecule has 1 spiro atoms. The molecule has 1 unspecified atom stereocenters. The third-order valence-corrected chi connectivity index (χ3v) is 6.51. The number of hydrogen-bond acceptors (Lipinski definition) is 4. The van der Waals surface area contributed by atoms with Crippen LogP contribution in [0.5, 0.6) is 0 Å². The maximum atomic E-state index is 13.9. The number of nitrogens with zero attached hydrogens (tertiary/aromatic N) is 3. The van der Waals surface area contributed by atoms with Crippen LogP contribution in [-0.4, -0.2) is 20.0 Å². The molecule has 1 aliphatic carbocycles. The number of fused-ring (bicyclic) bond motifs is 3. The summed E-state index contributed by atoms with van der Waals surface area (Å²) in [6, 6.07) is 17.0. The first-order valence-electron chi connectivity index (χ1n) is 11.1. The summed E-state index contributed by atoms with van der Waals surface area (Å²) >= 11 is 0. The Morgan fingerprint density at radius 2 is 1.42 bits per heavy atom. The topological polar surface area (TPSA) is 56.5 Å². The van der Waals surface area contributed by atoms with E-state index in [0.29, 0.717) is 23.6 Å². The molecule has 2 heterocycles. The van der Waals surface area contributed by atoms with Crippen molar-refractivity contribution in [2.75, 3.05) is 0 Å². The summed E-state index contributed by atoms with van der Waals surface area (Å²) in [5.74, 6) is 0. The van der Waals surface area contributed by atoms with E-state index in [0.717, 1.165) is 24.8 Å². The van der Waals surface area contributed by atoms with Gasteiger partial charge in [-0.3, -0.25) is 14.4 Å². The van der Waals surface area contributed by atoms with Gasteiger partial charge < -0.3 is 0 Å². The van der Waals surface area contributed by atoms with Gasteiger partial charge in [0.1, 0.15) is 0 Å². The van der Waals surface area contributed by atoms with E-state index >= 15 is 0 Å². The number of benzene rings is 2. The second kappa shape index (κ2) is 7.18. The summed E-state index contributed by atoms with van der Waals surface area (Å²) in [7, 11) is 0. The van der Waals surface area contributed by atoms with E-state index in [9.17, 15) is 9.59 Å². The number of hydroxylamine groups is 2. The number of aromatic nitrogens is 2. The predicted octanol–water partition coefficient (Wildman–Crippen LogP) is 4.37. The molecule has 2 aliphatic rings. The van der Waals surface area contributed by atoms with Crippen molar-refractivity contribution in [2.24, 2.45) is 0 Å². The molecule has 162 valence electrons. The second-order valence-electron chi connectivity index (χ2n) is 9.69. The molecule has 0 radical (unpaired) electrons. The molecule has 0 amide bonds. The minimum atomic E-state index is -0.850. The minimum Gasteiger partial charge on any atom is -0.267 e. The highest BCUT2D eigenvalue weighted by molar-refractivity contribution is 5.80. The van der Waals surface area contributed by atoms with E-state index in [1.54, 1.807) is 21.5 Å². The van der Waals surface area contributed by atoms with E-state index in [2.05, 4.69) is 20.8 Å². The van der Waals surface area contributed by atoms with Crippen molar-refractivity contribution < 1.29 is 4.84 Å². The average molecular weight is 420 g/mol. The molecule has 0 saturated heterocycles. The van der Waals surface area contributed by atoms with E-state index in [4.69, 9.17) is 4.84 Å². The predicted molar refractivity (Wildman–Crippen MR) is 121 cm³/mol. The summed E-state index contributed by atoms with van der Waals surface area (Å²) in [5, 5.41) is 2.84. The lowest BCUT2D eigenvalue weighted by atomic mass is 9.91. The number of hydrogen-bond donors (Lipinski definition) is 0. The zero-order valence-electron chi connectivity index (χ0n) is 18.4. The van der Waals surface area contributed by atoms with Gasteiger partial charge in [-0.2, -0.15) is 5.06 Å². The van der Waals surface area contributed by atoms with Crippen LogP contribution in [0.25, 0.3) is 10.8 Å². The van der Waals surface area contributed by atoms with Gasteiger partial charge in [-0.05, 0) is 64.2 Å². The van der Waals surface area contributed by atoms with Gasteiger partial charge in [0.15, 0.2) is 11.9 Å².